The van der Waals surface area contributed by atoms with Gasteiger partial charge < -0.3 is 10.8 Å². The van der Waals surface area contributed by atoms with Crippen molar-refractivity contribution in [3.05, 3.63) is 0 Å². The summed E-state index contributed by atoms with van der Waals surface area (Å²) in [5, 5.41) is 8.00. The molecule has 0 aliphatic carbocycles. The Morgan fingerprint density at radius 1 is 2.00 bits per heavy atom. The van der Waals surface area contributed by atoms with E-state index in [9.17, 15) is 4.79 Å². The van der Waals surface area contributed by atoms with Crippen molar-refractivity contribution in [3.8, 4) is 0 Å². The van der Waals surface area contributed by atoms with Crippen molar-refractivity contribution in [1.29, 1.82) is 0 Å². The highest BCUT2D eigenvalue weighted by atomic mass is 127. The maximum Gasteiger partial charge on any atom is 0.303 e. The molecule has 0 bridgehead atoms. The van der Waals surface area contributed by atoms with Gasteiger partial charge in [0, 0.05) is 6.32 Å². The van der Waals surface area contributed by atoms with Gasteiger partial charge in [0.1, 0.15) is 0 Å². The molecule has 0 unspecified atom stereocenters. The molecule has 40 valence electrons. The van der Waals surface area contributed by atoms with Gasteiger partial charge in [-0.1, -0.05) is 0 Å². The standard InChI is InChI=1S/C2H5BINO2/c4-3(5)1-2(6)7/h1,5H2,(H,6,7). The molecular weight excluding hydrogens is 208 g/mol. The normalized spacial score (nSPS) is 8.29. The first-order valence-electron chi connectivity index (χ1n) is 1.74. The van der Waals surface area contributed by atoms with Crippen molar-refractivity contribution < 1.29 is 9.90 Å². The molecule has 0 saturated heterocycles. The number of carbonyl (C=O) groups is 1. The van der Waals surface area contributed by atoms with Crippen molar-refractivity contribution in [3.63, 3.8) is 0 Å². The minimum Gasteiger partial charge on any atom is -0.482 e. The number of nitrogens with two attached hydrogens (primary N) is 1. The van der Waals surface area contributed by atoms with Gasteiger partial charge in [-0.25, -0.2) is 0 Å². The Bertz CT molecular complexity index is 76.1. The zero-order valence-corrected chi connectivity index (χ0v) is 5.75. The molecule has 0 rings (SSSR count). The van der Waals surface area contributed by atoms with E-state index in [1.807, 2.05) is 22.4 Å². The summed E-state index contributed by atoms with van der Waals surface area (Å²) >= 11 is 1.85. The molecule has 0 atom stereocenters. The van der Waals surface area contributed by atoms with Crippen LogP contribution in [0.4, 0.5) is 0 Å². The van der Waals surface area contributed by atoms with Gasteiger partial charge in [-0.15, -0.1) is 22.4 Å². The lowest BCUT2D eigenvalue weighted by Gasteiger charge is -1.87. The molecule has 0 spiro atoms. The summed E-state index contributed by atoms with van der Waals surface area (Å²) in [7, 11) is 0. The predicted octanol–water partition coefficient (Wildman–Crippen LogP) is -0.0471. The topological polar surface area (TPSA) is 63.3 Å². The van der Waals surface area contributed by atoms with Crippen LogP contribution < -0.4 is 5.64 Å². The summed E-state index contributed by atoms with van der Waals surface area (Å²) in [6, 6.07) is 0. The van der Waals surface area contributed by atoms with Crippen molar-refractivity contribution in [1.82, 2.24) is 0 Å². The van der Waals surface area contributed by atoms with E-state index in [1.54, 1.807) is 0 Å². The molecule has 3 nitrogen and oxygen atoms in total. The molecule has 0 heterocycles. The third-order valence-corrected chi connectivity index (χ3v) is 0.810. The van der Waals surface area contributed by atoms with E-state index in [0.717, 1.165) is 0 Å². The quantitative estimate of drug-likeness (QED) is 0.499. The Morgan fingerprint density at radius 3 is 2.43 bits per heavy atom. The Balaban J connectivity index is 3.13. The molecule has 0 aromatic rings. The third kappa shape index (κ3) is 6.22. The van der Waals surface area contributed by atoms with Crippen LogP contribution in [0.3, 0.4) is 0 Å². The summed E-state index contributed by atoms with van der Waals surface area (Å²) in [5.41, 5.74) is 5.10. The van der Waals surface area contributed by atoms with Gasteiger partial charge in [-0.3, -0.25) is 4.79 Å². The maximum atomic E-state index is 9.72. The lowest BCUT2D eigenvalue weighted by molar-refractivity contribution is -0.134. The van der Waals surface area contributed by atoms with Crippen LogP contribution in [-0.4, -0.2) is 15.8 Å². The lowest BCUT2D eigenvalue weighted by Crippen LogP contribution is -2.20. The fourth-order valence-corrected chi connectivity index (χ4v) is 0.544. The summed E-state index contributed by atoms with van der Waals surface area (Å²) in [4.78, 5) is 9.72. The number of carboxylic acids is 1. The van der Waals surface area contributed by atoms with Crippen LogP contribution in [0.1, 0.15) is 0 Å². The molecule has 0 aliphatic heterocycles. The lowest BCUT2D eigenvalue weighted by atomic mass is 9.92. The van der Waals surface area contributed by atoms with Gasteiger partial charge in [-0.05, 0) is 0 Å². The average Bonchev–Trinajstić information content (AvgIpc) is 1.27. The summed E-state index contributed by atoms with van der Waals surface area (Å²) in [6.45, 7) is 0. The Morgan fingerprint density at radius 2 is 2.43 bits per heavy atom. The first kappa shape index (κ1) is 7.22. The van der Waals surface area contributed by atoms with E-state index in [-0.39, 0.29) is 11.0 Å². The summed E-state index contributed by atoms with van der Waals surface area (Å²) in [5.74, 6) is -0.845. The Labute approximate surface area is 55.2 Å². The first-order chi connectivity index (χ1) is 3.13. The van der Waals surface area contributed by atoms with Gasteiger partial charge in [0.25, 0.3) is 5.97 Å². The molecule has 0 saturated carbocycles. The number of halogens is 1. The second-order valence-electron chi connectivity index (χ2n) is 1.11. The molecule has 0 fully saturated rings. The zero-order valence-electron chi connectivity index (χ0n) is 3.60. The van der Waals surface area contributed by atoms with Crippen LogP contribution in [0.25, 0.3) is 0 Å². The van der Waals surface area contributed by atoms with Crippen LogP contribution in [0.15, 0.2) is 0 Å². The van der Waals surface area contributed by atoms with E-state index in [4.69, 9.17) is 10.8 Å². The highest BCUT2D eigenvalue weighted by Gasteiger charge is 2.06. The monoisotopic (exact) mass is 213 g/mol. The number of hydrogen-bond donors (Lipinski definition) is 2. The largest absolute Gasteiger partial charge is 0.482 e. The molecule has 3 N–H and O–H groups in total. The smallest absolute Gasteiger partial charge is 0.303 e. The van der Waals surface area contributed by atoms with E-state index in [1.165, 1.54) is 0 Å². The predicted molar refractivity (Wildman–Crippen MR) is 36.4 cm³/mol. The number of hydrogen-bond acceptors (Lipinski definition) is 2. The second kappa shape index (κ2) is 3.26. The first-order valence-corrected chi connectivity index (χ1v) is 2.99. The van der Waals surface area contributed by atoms with Gasteiger partial charge in [-0.2, -0.15) is 0 Å². The van der Waals surface area contributed by atoms with E-state index in [2.05, 4.69) is 0 Å². The van der Waals surface area contributed by atoms with Crippen molar-refractivity contribution >= 4 is 33.0 Å². The third-order valence-electron chi connectivity index (χ3n) is 0.370. The molecular formula is C2H5BINO2. The molecule has 0 aromatic heterocycles. The SMILES string of the molecule is NB(I)CC(=O)O. The molecule has 0 amide bonds. The van der Waals surface area contributed by atoms with Crippen LogP contribution in [-0.2, 0) is 4.79 Å². The zero-order chi connectivity index (χ0) is 5.86. The van der Waals surface area contributed by atoms with Crippen molar-refractivity contribution in [2.45, 2.75) is 6.32 Å². The Hall–Kier alpha value is 0.225. The maximum absolute atomic E-state index is 9.72. The van der Waals surface area contributed by atoms with Crippen LogP contribution in [0.5, 0.6) is 0 Å². The highest BCUT2D eigenvalue weighted by molar-refractivity contribution is 14.1. The van der Waals surface area contributed by atoms with Crippen LogP contribution >= 0.6 is 22.4 Å². The van der Waals surface area contributed by atoms with Crippen LogP contribution in [0.2, 0.25) is 6.32 Å². The van der Waals surface area contributed by atoms with Gasteiger partial charge in [0.05, 0.1) is 0 Å². The minimum atomic E-state index is -0.845. The fourth-order valence-electron chi connectivity index (χ4n) is 0.167. The van der Waals surface area contributed by atoms with Crippen LogP contribution in [0, 0.1) is 0 Å². The highest BCUT2D eigenvalue weighted by Crippen LogP contribution is 1.91. The molecule has 7 heavy (non-hydrogen) atoms. The second-order valence-corrected chi connectivity index (χ2v) is 2.71. The molecule has 5 heteroatoms. The minimum absolute atomic E-state index is 0.0422. The van der Waals surface area contributed by atoms with Crippen molar-refractivity contribution in [2.24, 2.45) is 5.64 Å². The van der Waals surface area contributed by atoms with Crippen molar-refractivity contribution in [2.75, 3.05) is 0 Å². The summed E-state index contributed by atoms with van der Waals surface area (Å²) in [6.07, 6.45) is 0.0422. The average molecular weight is 213 g/mol. The van der Waals surface area contributed by atoms with Gasteiger partial charge in [0.15, 0.2) is 0 Å². The molecule has 0 radical (unpaired) electrons. The van der Waals surface area contributed by atoms with Gasteiger partial charge >= 0.3 is 4.70 Å². The van der Waals surface area contributed by atoms with Gasteiger partial charge in [0.2, 0.25) is 0 Å². The van der Waals surface area contributed by atoms with E-state index in [0.29, 0.717) is 0 Å². The molecule has 0 aromatic carbocycles. The Kier molecular flexibility index (Phi) is 3.36. The van der Waals surface area contributed by atoms with E-state index < -0.39 is 5.97 Å². The number of carboxylic acid groups (broad SMARTS) is 1. The summed E-state index contributed by atoms with van der Waals surface area (Å²) < 4.78 is -0.255. The molecule has 0 aliphatic rings. The number of rotatable bonds is 2. The number of aliphatic carboxylic acids is 1. The fraction of sp³-hybridized carbons (Fsp3) is 0.500. The van der Waals surface area contributed by atoms with E-state index >= 15 is 0 Å².